The van der Waals surface area contributed by atoms with Gasteiger partial charge in [0.1, 0.15) is 12.3 Å². The molecule has 0 aromatic heterocycles. The summed E-state index contributed by atoms with van der Waals surface area (Å²) in [6.07, 6.45) is 0. The van der Waals surface area contributed by atoms with Crippen LogP contribution in [0, 0.1) is 0 Å². The van der Waals surface area contributed by atoms with Gasteiger partial charge in [0.15, 0.2) is 0 Å². The topological polar surface area (TPSA) is 26.3 Å². The van der Waals surface area contributed by atoms with Crippen molar-refractivity contribution in [1.29, 1.82) is 0 Å². The lowest BCUT2D eigenvalue weighted by Crippen LogP contribution is -2.25. The Hall–Kier alpha value is -0.600. The van der Waals surface area contributed by atoms with Gasteiger partial charge in [-0.3, -0.25) is 4.79 Å². The van der Waals surface area contributed by atoms with Crippen molar-refractivity contribution in [3.63, 3.8) is 0 Å². The summed E-state index contributed by atoms with van der Waals surface area (Å²) in [4.78, 5) is 9.59. The number of hydrogen-bond donors (Lipinski definition) is 0. The zero-order valence-corrected chi connectivity index (χ0v) is 4.98. The van der Waals surface area contributed by atoms with E-state index >= 15 is 0 Å². The molecule has 0 heterocycles. The van der Waals surface area contributed by atoms with Gasteiger partial charge in [-0.15, -0.1) is 0 Å². The Balaban J connectivity index is 3.53. The summed E-state index contributed by atoms with van der Waals surface area (Å²) in [5.41, 5.74) is -0.943. The zero-order valence-electron chi connectivity index (χ0n) is 4.98. The Bertz CT molecular complexity index is 80.5. The third kappa shape index (κ3) is 2.55. The molecule has 8 heavy (non-hydrogen) atoms. The van der Waals surface area contributed by atoms with Crippen molar-refractivity contribution in [2.45, 2.75) is 19.4 Å². The average molecular weight is 120 g/mol. The van der Waals surface area contributed by atoms with E-state index in [-0.39, 0.29) is 6.47 Å². The molecule has 0 unspecified atom stereocenters. The normalized spacial score (nSPS) is 10.9. The van der Waals surface area contributed by atoms with E-state index in [1.165, 1.54) is 13.8 Å². The van der Waals surface area contributed by atoms with Crippen molar-refractivity contribution in [1.82, 2.24) is 0 Å². The maximum atomic E-state index is 11.7. The molecule has 0 aromatic rings. The molecule has 0 aliphatic carbocycles. The Morgan fingerprint density at radius 3 is 2.38 bits per heavy atom. The van der Waals surface area contributed by atoms with Crippen LogP contribution < -0.4 is 0 Å². The zero-order chi connectivity index (χ0) is 6.62. The minimum atomic E-state index is -0.943. The molecule has 3 heteroatoms. The Morgan fingerprint density at radius 2 is 2.25 bits per heavy atom. The standard InChI is InChI=1S/C5H9FO2/c1-5(2,3-6)8-4-7/h4H,3H2,1-2H3. The first-order valence-electron chi connectivity index (χ1n) is 2.30. The molecule has 2 nitrogen and oxygen atoms in total. The smallest absolute Gasteiger partial charge is 0.293 e. The van der Waals surface area contributed by atoms with Crippen LogP contribution >= 0.6 is 0 Å². The molecule has 0 aromatic carbocycles. The van der Waals surface area contributed by atoms with Crippen molar-refractivity contribution >= 4 is 6.47 Å². The summed E-state index contributed by atoms with van der Waals surface area (Å²) in [7, 11) is 0. The van der Waals surface area contributed by atoms with E-state index in [0.717, 1.165) is 0 Å². The molecule has 0 aliphatic heterocycles. The molecule has 0 N–H and O–H groups in total. The number of carbonyl (C=O) groups is 1. The summed E-state index contributed by atoms with van der Waals surface area (Å²) in [5.74, 6) is 0. The van der Waals surface area contributed by atoms with Gasteiger partial charge < -0.3 is 4.74 Å². The number of carbonyl (C=O) groups excluding carboxylic acids is 1. The molecule has 0 spiro atoms. The maximum Gasteiger partial charge on any atom is 0.293 e. The second-order valence-electron chi connectivity index (χ2n) is 2.11. The third-order valence-electron chi connectivity index (χ3n) is 0.689. The highest BCUT2D eigenvalue weighted by molar-refractivity contribution is 5.38. The monoisotopic (exact) mass is 120 g/mol. The number of hydrogen-bond acceptors (Lipinski definition) is 2. The average Bonchev–Trinajstić information content (AvgIpc) is 1.67. The van der Waals surface area contributed by atoms with Gasteiger partial charge in [-0.25, -0.2) is 4.39 Å². The van der Waals surface area contributed by atoms with Crippen LogP contribution in [0.5, 0.6) is 0 Å². The molecular formula is C5H9FO2. The first kappa shape index (κ1) is 7.40. The lowest BCUT2D eigenvalue weighted by atomic mass is 10.2. The second kappa shape index (κ2) is 2.64. The molecular weight excluding hydrogens is 111 g/mol. The summed E-state index contributed by atoms with van der Waals surface area (Å²) < 4.78 is 16.0. The van der Waals surface area contributed by atoms with E-state index in [1.54, 1.807) is 0 Å². The van der Waals surface area contributed by atoms with E-state index < -0.39 is 12.3 Å². The molecule has 0 radical (unpaired) electrons. The molecule has 0 amide bonds. The lowest BCUT2D eigenvalue weighted by Gasteiger charge is -2.16. The number of ether oxygens (including phenoxy) is 1. The quantitative estimate of drug-likeness (QED) is 0.517. The fraction of sp³-hybridized carbons (Fsp3) is 0.800. The Kier molecular flexibility index (Phi) is 2.45. The third-order valence-corrected chi connectivity index (χ3v) is 0.689. The minimum Gasteiger partial charge on any atom is -0.459 e. The SMILES string of the molecule is CC(C)(CF)OC=O. The predicted molar refractivity (Wildman–Crippen MR) is 27.2 cm³/mol. The van der Waals surface area contributed by atoms with Crippen LogP contribution in [-0.4, -0.2) is 18.7 Å². The maximum absolute atomic E-state index is 11.7. The first-order chi connectivity index (χ1) is 3.62. The molecule has 0 saturated heterocycles. The fourth-order valence-electron chi connectivity index (χ4n) is 0.162. The number of alkyl halides is 1. The van der Waals surface area contributed by atoms with Gasteiger partial charge in [0.2, 0.25) is 0 Å². The van der Waals surface area contributed by atoms with Gasteiger partial charge in [0, 0.05) is 0 Å². The Labute approximate surface area is 47.6 Å². The van der Waals surface area contributed by atoms with E-state index in [9.17, 15) is 9.18 Å². The van der Waals surface area contributed by atoms with Gasteiger partial charge in [0.25, 0.3) is 6.47 Å². The summed E-state index contributed by atoms with van der Waals surface area (Å²) in [5, 5.41) is 0. The Morgan fingerprint density at radius 1 is 1.75 bits per heavy atom. The van der Waals surface area contributed by atoms with E-state index in [0.29, 0.717) is 0 Å². The van der Waals surface area contributed by atoms with Crippen molar-refractivity contribution in [2.24, 2.45) is 0 Å². The van der Waals surface area contributed by atoms with Crippen LogP contribution in [0.1, 0.15) is 13.8 Å². The highest BCUT2D eigenvalue weighted by Gasteiger charge is 2.17. The van der Waals surface area contributed by atoms with Gasteiger partial charge in [-0.05, 0) is 13.8 Å². The van der Waals surface area contributed by atoms with Crippen LogP contribution in [0.4, 0.5) is 4.39 Å². The molecule has 0 atom stereocenters. The van der Waals surface area contributed by atoms with Crippen LogP contribution in [0.15, 0.2) is 0 Å². The van der Waals surface area contributed by atoms with E-state index in [2.05, 4.69) is 4.74 Å². The van der Waals surface area contributed by atoms with Gasteiger partial charge in [0.05, 0.1) is 0 Å². The van der Waals surface area contributed by atoms with Crippen LogP contribution in [0.3, 0.4) is 0 Å². The highest BCUT2D eigenvalue weighted by Crippen LogP contribution is 2.06. The fourth-order valence-corrected chi connectivity index (χ4v) is 0.162. The lowest BCUT2D eigenvalue weighted by molar-refractivity contribution is -0.141. The molecule has 0 aliphatic rings. The van der Waals surface area contributed by atoms with Gasteiger partial charge >= 0.3 is 0 Å². The van der Waals surface area contributed by atoms with Gasteiger partial charge in [-0.2, -0.15) is 0 Å². The minimum absolute atomic E-state index is 0.250. The van der Waals surface area contributed by atoms with Crippen LogP contribution in [0.25, 0.3) is 0 Å². The highest BCUT2D eigenvalue weighted by atomic mass is 19.1. The number of rotatable bonds is 3. The predicted octanol–water partition coefficient (Wildman–Crippen LogP) is 0.907. The van der Waals surface area contributed by atoms with Gasteiger partial charge in [-0.1, -0.05) is 0 Å². The summed E-state index contributed by atoms with van der Waals surface area (Å²) in [6.45, 7) is 2.61. The molecule has 0 bridgehead atoms. The molecule has 0 rings (SSSR count). The van der Waals surface area contributed by atoms with E-state index in [4.69, 9.17) is 0 Å². The van der Waals surface area contributed by atoms with Crippen molar-refractivity contribution in [3.05, 3.63) is 0 Å². The van der Waals surface area contributed by atoms with Crippen LogP contribution in [0.2, 0.25) is 0 Å². The largest absolute Gasteiger partial charge is 0.459 e. The van der Waals surface area contributed by atoms with Crippen LogP contribution in [-0.2, 0) is 9.53 Å². The second-order valence-corrected chi connectivity index (χ2v) is 2.11. The summed E-state index contributed by atoms with van der Waals surface area (Å²) >= 11 is 0. The first-order valence-corrected chi connectivity index (χ1v) is 2.30. The number of halogens is 1. The van der Waals surface area contributed by atoms with Crippen molar-refractivity contribution in [3.8, 4) is 0 Å². The van der Waals surface area contributed by atoms with Crippen molar-refractivity contribution < 1.29 is 13.9 Å². The molecule has 0 saturated carbocycles. The molecule has 48 valence electrons. The van der Waals surface area contributed by atoms with E-state index in [1.807, 2.05) is 0 Å². The molecule has 0 fully saturated rings. The summed E-state index contributed by atoms with van der Waals surface area (Å²) in [6, 6.07) is 0. The van der Waals surface area contributed by atoms with Crippen molar-refractivity contribution in [2.75, 3.05) is 6.67 Å².